The van der Waals surface area contributed by atoms with Crippen LogP contribution in [0, 0.1) is 0 Å². The number of halogens is 6. The molecule has 0 radical (unpaired) electrons. The first kappa shape index (κ1) is 31.0. The number of aliphatic hydroxyl groups excluding tert-OH is 1. The molecule has 1 fully saturated rings. The average Bonchev–Trinajstić information content (AvgIpc) is 3.72. The average molecular weight is 743 g/mol. The van der Waals surface area contributed by atoms with Crippen LogP contribution in [0.4, 0.5) is 17.6 Å². The van der Waals surface area contributed by atoms with Crippen LogP contribution in [0.25, 0.3) is 11.4 Å². The molecule has 1 aliphatic heterocycles. The van der Waals surface area contributed by atoms with Gasteiger partial charge in [-0.05, 0) is 30.5 Å². The van der Waals surface area contributed by atoms with Crippen LogP contribution in [0.5, 0.6) is 0 Å². The summed E-state index contributed by atoms with van der Waals surface area (Å²) in [5, 5.41) is 19.6. The number of allylic oxidation sites excluding steroid dienone is 1. The van der Waals surface area contributed by atoms with Gasteiger partial charge in [-0.25, -0.2) is 4.39 Å². The maximum atomic E-state index is 15.9. The smallest absolute Gasteiger partial charge is 0.0840 e. The van der Waals surface area contributed by atoms with Gasteiger partial charge in [0.25, 0.3) is 0 Å². The predicted octanol–water partition coefficient (Wildman–Crippen LogP) is 2.50. The Morgan fingerprint density at radius 2 is 1.86 bits per heavy atom. The summed E-state index contributed by atoms with van der Waals surface area (Å²) in [6, 6.07) is 14.6. The second-order valence-electron chi connectivity index (χ2n) is 11.4. The van der Waals surface area contributed by atoms with Crippen molar-refractivity contribution in [2.45, 2.75) is 67.7 Å². The fourth-order valence-electron chi connectivity index (χ4n) is 5.57. The fourth-order valence-corrected chi connectivity index (χ4v) is 7.45. The van der Waals surface area contributed by atoms with Gasteiger partial charge in [0.05, 0.1) is 6.54 Å². The summed E-state index contributed by atoms with van der Waals surface area (Å²) in [5.41, 5.74) is 2.26. The molecule has 1 aliphatic carbocycles. The normalized spacial score (nSPS) is 20.6. The second kappa shape index (κ2) is 11.8. The van der Waals surface area contributed by atoms with Crippen molar-refractivity contribution >= 4 is 11.6 Å². The Kier molecular flexibility index (Phi) is 8.29. The summed E-state index contributed by atoms with van der Waals surface area (Å²) in [7, 11) is 0. The molecular weight excluding hydrogens is 713 g/mol. The topological polar surface area (TPSA) is 77.9 Å². The van der Waals surface area contributed by atoms with E-state index in [4.69, 9.17) is 16.7 Å². The third-order valence-electron chi connectivity index (χ3n) is 8.31. The molecule has 44 heavy (non-hydrogen) atoms. The van der Waals surface area contributed by atoms with E-state index >= 15 is 4.39 Å². The quantitative estimate of drug-likeness (QED) is 0.124. The number of fused-ring (bicyclic) bond motifs is 1. The van der Waals surface area contributed by atoms with Crippen molar-refractivity contribution < 1.29 is 43.9 Å². The minimum absolute atomic E-state index is 0.0183. The molecule has 234 valence electrons. The molecule has 0 bridgehead atoms. The third-order valence-corrected chi connectivity index (χ3v) is 11.2. The number of benzene rings is 2. The second-order valence-corrected chi connectivity index (χ2v) is 15.0. The monoisotopic (exact) mass is 742 g/mol. The minimum Gasteiger partial charge on any atom is -0.0840 e. The number of nitrogens with zero attached hydrogens (tertiary/aromatic N) is 5. The van der Waals surface area contributed by atoms with Crippen LogP contribution in [0.3, 0.4) is 0 Å². The standard InChI is InChI=1S/C31H30ClF4IN5O2/c1-18(2)30(33)12-11-22-25(38-41(26(22)13-30)15-21-5-3-4-6-23(21)32)16-42-29(44)40(17-27(43)31(34,35)36)28(39-42)20-9-7-19(8-10-20)24-14-37-24/h3-10,24,27,43H,1,11-17H2,2H3/q-1/t24?,27-,30?/m0/s1. The number of hydrogen-bond donors (Lipinski definition) is 1. The Morgan fingerprint density at radius 1 is 1.16 bits per heavy atom. The van der Waals surface area contributed by atoms with Crippen LogP contribution in [-0.2, 0) is 32.5 Å². The molecule has 0 spiro atoms. The van der Waals surface area contributed by atoms with E-state index in [0.29, 0.717) is 37.9 Å². The molecular formula is C31H30ClF4IN5O2-. The first-order valence-corrected chi connectivity index (χ1v) is 17.2. The van der Waals surface area contributed by atoms with E-state index in [1.165, 1.54) is 9.99 Å². The van der Waals surface area contributed by atoms with Crippen molar-refractivity contribution in [2.24, 2.45) is 0 Å². The van der Waals surface area contributed by atoms with Gasteiger partial charge >= 0.3 is 172 Å². The molecule has 13 heteroatoms. The number of aromatic nitrogens is 5. The summed E-state index contributed by atoms with van der Waals surface area (Å²) < 4.78 is 61.4. The van der Waals surface area contributed by atoms with E-state index < -0.39 is 30.2 Å². The zero-order valence-corrected chi connectivity index (χ0v) is 26.7. The van der Waals surface area contributed by atoms with E-state index in [0.717, 1.165) is 20.4 Å². The first-order chi connectivity index (χ1) is 20.8. The zero-order valence-electron chi connectivity index (χ0n) is 23.8. The molecule has 2 aromatic heterocycles. The summed E-state index contributed by atoms with van der Waals surface area (Å²) >= 11 is 6.58. The van der Waals surface area contributed by atoms with Crippen LogP contribution in [0.15, 0.2) is 65.5 Å². The van der Waals surface area contributed by atoms with E-state index in [1.807, 2.05) is 24.3 Å². The van der Waals surface area contributed by atoms with Crippen molar-refractivity contribution in [2.75, 3.05) is 4.43 Å². The first-order valence-electron chi connectivity index (χ1n) is 14.1. The van der Waals surface area contributed by atoms with Crippen LogP contribution < -0.4 is 26.9 Å². The van der Waals surface area contributed by atoms with E-state index in [-0.39, 0.29) is 53.0 Å². The summed E-state index contributed by atoms with van der Waals surface area (Å²) in [6.07, 6.45) is -7.12. The number of rotatable bonds is 9. The molecule has 2 unspecified atom stereocenters. The molecule has 2 aromatic carbocycles. The van der Waals surface area contributed by atoms with Crippen molar-refractivity contribution in [1.82, 2.24) is 24.1 Å². The Hall–Kier alpha value is -2.97. The van der Waals surface area contributed by atoms with Gasteiger partial charge in [0.15, 0.2) is 0 Å². The summed E-state index contributed by atoms with van der Waals surface area (Å²) in [5.74, 6) is 0.0183. The molecule has 3 heterocycles. The molecule has 4 aromatic rings. The molecule has 7 nitrogen and oxygen atoms in total. The van der Waals surface area contributed by atoms with E-state index in [9.17, 15) is 23.1 Å². The Morgan fingerprint density at radius 3 is 2.50 bits per heavy atom. The van der Waals surface area contributed by atoms with Crippen molar-refractivity contribution in [1.29, 1.82) is 0 Å². The van der Waals surface area contributed by atoms with Gasteiger partial charge < -0.3 is 0 Å². The van der Waals surface area contributed by atoms with Crippen molar-refractivity contribution in [3.63, 3.8) is 0 Å². The predicted molar refractivity (Wildman–Crippen MR) is 154 cm³/mol. The van der Waals surface area contributed by atoms with Gasteiger partial charge in [-0.3, -0.25) is 0 Å². The SMILES string of the molecule is C=C(C)C1(F)CCc2c(Cn3nc(-c4ccc(C5C[I-]5)cc4)n(C[C@H](O)C(F)(F)F)c3=O)nn(Cc3ccccc3Cl)c2C1. The molecule has 6 rings (SSSR count). The molecule has 0 saturated carbocycles. The van der Waals surface area contributed by atoms with Gasteiger partial charge in [-0.15, -0.1) is 0 Å². The summed E-state index contributed by atoms with van der Waals surface area (Å²) in [6.45, 7) is 4.62. The number of alkyl halides is 6. The van der Waals surface area contributed by atoms with Crippen LogP contribution in [-0.4, -0.2) is 51.6 Å². The summed E-state index contributed by atoms with van der Waals surface area (Å²) in [4.78, 5) is 13.6. The van der Waals surface area contributed by atoms with Gasteiger partial charge in [-0.1, -0.05) is 36.4 Å². The van der Waals surface area contributed by atoms with Gasteiger partial charge in [-0.2, -0.15) is 0 Å². The molecule has 1 N–H and O–H groups in total. The Balaban J connectivity index is 1.40. The third kappa shape index (κ3) is 6.12. The molecule has 0 amide bonds. The van der Waals surface area contributed by atoms with Crippen LogP contribution in [0.1, 0.15) is 45.3 Å². The molecule has 3 atom stereocenters. The number of hydrogen-bond acceptors (Lipinski definition) is 4. The van der Waals surface area contributed by atoms with Gasteiger partial charge in [0, 0.05) is 11.4 Å². The van der Waals surface area contributed by atoms with Crippen molar-refractivity contribution in [3.8, 4) is 11.4 Å². The minimum atomic E-state index is -4.92. The van der Waals surface area contributed by atoms with Crippen molar-refractivity contribution in [3.05, 3.63) is 104 Å². The molecule has 1 saturated heterocycles. The Labute approximate surface area is 266 Å². The molecule has 2 aliphatic rings. The zero-order chi connectivity index (χ0) is 31.4. The van der Waals surface area contributed by atoms with E-state index in [1.54, 1.807) is 35.9 Å². The van der Waals surface area contributed by atoms with Crippen LogP contribution >= 0.6 is 11.6 Å². The van der Waals surface area contributed by atoms with Gasteiger partial charge in [0.1, 0.15) is 5.67 Å². The fraction of sp³-hybridized carbons (Fsp3) is 0.387. The van der Waals surface area contributed by atoms with Gasteiger partial charge in [0.2, 0.25) is 0 Å². The number of aliphatic hydroxyl groups is 1. The van der Waals surface area contributed by atoms with E-state index in [2.05, 4.69) is 11.7 Å². The van der Waals surface area contributed by atoms with Crippen LogP contribution in [0.2, 0.25) is 5.02 Å². The Bertz CT molecular complexity index is 1780. The maximum absolute atomic E-state index is 15.9.